The first kappa shape index (κ1) is 13.2. The van der Waals surface area contributed by atoms with Gasteiger partial charge in [0.1, 0.15) is 0 Å². The third kappa shape index (κ3) is 2.86. The molecule has 0 saturated carbocycles. The van der Waals surface area contributed by atoms with Crippen LogP contribution in [-0.2, 0) is 17.8 Å². The van der Waals surface area contributed by atoms with E-state index in [4.69, 9.17) is 4.74 Å². The number of hydrogen-bond acceptors (Lipinski definition) is 2. The Labute approximate surface area is 121 Å². The van der Waals surface area contributed by atoms with Gasteiger partial charge in [0.25, 0.3) is 0 Å². The molecular formula is C18H21NO. The number of hydrogen-bond donors (Lipinski definition) is 0. The molecule has 1 atom stereocenters. The second-order valence-electron chi connectivity index (χ2n) is 5.41. The van der Waals surface area contributed by atoms with E-state index in [1.165, 1.54) is 16.8 Å². The van der Waals surface area contributed by atoms with Crippen molar-refractivity contribution >= 4 is 5.69 Å². The summed E-state index contributed by atoms with van der Waals surface area (Å²) >= 11 is 0. The molecule has 1 aliphatic heterocycles. The molecule has 1 heterocycles. The maximum absolute atomic E-state index is 5.80. The Balaban J connectivity index is 1.52. The molecule has 0 aromatic heterocycles. The second kappa shape index (κ2) is 6.10. The molecular weight excluding hydrogens is 246 g/mol. The Bertz CT molecular complexity index is 552. The first-order valence-electron chi connectivity index (χ1n) is 7.31. The maximum Gasteiger partial charge on any atom is 0.0717 e. The van der Waals surface area contributed by atoms with Gasteiger partial charge in [-0.15, -0.1) is 0 Å². The van der Waals surface area contributed by atoms with Crippen LogP contribution in [-0.4, -0.2) is 19.2 Å². The predicted octanol–water partition coefficient (Wildman–Crippen LogP) is 3.65. The summed E-state index contributed by atoms with van der Waals surface area (Å²) in [4.78, 5) is 2.46. The van der Waals surface area contributed by atoms with E-state index >= 15 is 0 Å². The van der Waals surface area contributed by atoms with Crippen molar-refractivity contribution in [2.45, 2.75) is 26.0 Å². The quantitative estimate of drug-likeness (QED) is 0.767. The van der Waals surface area contributed by atoms with Gasteiger partial charge in [-0.3, -0.25) is 0 Å². The van der Waals surface area contributed by atoms with Crippen LogP contribution in [0.15, 0.2) is 54.6 Å². The Hall–Kier alpha value is -1.80. The molecule has 0 saturated heterocycles. The van der Waals surface area contributed by atoms with Crippen LogP contribution in [0.4, 0.5) is 5.69 Å². The Kier molecular flexibility index (Phi) is 4.03. The van der Waals surface area contributed by atoms with Crippen LogP contribution in [0.25, 0.3) is 0 Å². The largest absolute Gasteiger partial charge is 0.375 e. The highest BCUT2D eigenvalue weighted by Crippen LogP contribution is 2.31. The molecule has 0 amide bonds. The lowest BCUT2D eigenvalue weighted by Gasteiger charge is -2.24. The maximum atomic E-state index is 5.80. The van der Waals surface area contributed by atoms with Crippen LogP contribution in [0.2, 0.25) is 0 Å². The van der Waals surface area contributed by atoms with E-state index in [9.17, 15) is 0 Å². The van der Waals surface area contributed by atoms with Crippen LogP contribution >= 0.6 is 0 Å². The van der Waals surface area contributed by atoms with E-state index in [0.29, 0.717) is 12.6 Å². The van der Waals surface area contributed by atoms with E-state index in [2.05, 4.69) is 60.4 Å². The van der Waals surface area contributed by atoms with Gasteiger partial charge in [0.05, 0.1) is 13.2 Å². The molecule has 0 spiro atoms. The molecule has 0 N–H and O–H groups in total. The lowest BCUT2D eigenvalue weighted by atomic mass is 10.1. The Morgan fingerprint density at radius 3 is 2.65 bits per heavy atom. The summed E-state index contributed by atoms with van der Waals surface area (Å²) in [5, 5.41) is 0. The van der Waals surface area contributed by atoms with E-state index < -0.39 is 0 Å². The number of anilines is 1. The lowest BCUT2D eigenvalue weighted by molar-refractivity contribution is 0.126. The lowest BCUT2D eigenvalue weighted by Crippen LogP contribution is -2.32. The summed E-state index contributed by atoms with van der Waals surface area (Å²) in [5.41, 5.74) is 4.08. The van der Waals surface area contributed by atoms with Gasteiger partial charge in [0.2, 0.25) is 0 Å². The first-order valence-corrected chi connectivity index (χ1v) is 7.31. The molecule has 1 unspecified atom stereocenters. The summed E-state index contributed by atoms with van der Waals surface area (Å²) < 4.78 is 5.80. The van der Waals surface area contributed by atoms with Gasteiger partial charge in [-0.2, -0.15) is 0 Å². The third-order valence-electron chi connectivity index (χ3n) is 3.94. The summed E-state index contributed by atoms with van der Waals surface area (Å²) in [6.07, 6.45) is 1.15. The monoisotopic (exact) mass is 267 g/mol. The van der Waals surface area contributed by atoms with Crippen molar-refractivity contribution in [2.75, 3.05) is 18.1 Å². The topological polar surface area (TPSA) is 12.5 Å². The Morgan fingerprint density at radius 2 is 1.80 bits per heavy atom. The number of nitrogens with zero attached hydrogens (tertiary/aromatic N) is 1. The van der Waals surface area contributed by atoms with Crippen molar-refractivity contribution < 1.29 is 4.74 Å². The molecule has 2 nitrogen and oxygen atoms in total. The summed E-state index contributed by atoms with van der Waals surface area (Å²) in [5.74, 6) is 0. The average molecular weight is 267 g/mol. The van der Waals surface area contributed by atoms with E-state index in [0.717, 1.165) is 19.6 Å². The molecule has 2 aromatic carbocycles. The number of benzene rings is 2. The highest BCUT2D eigenvalue weighted by Gasteiger charge is 2.24. The van der Waals surface area contributed by atoms with Crippen molar-refractivity contribution in [3.63, 3.8) is 0 Å². The highest BCUT2D eigenvalue weighted by molar-refractivity contribution is 5.59. The predicted molar refractivity (Wildman–Crippen MR) is 83.1 cm³/mol. The van der Waals surface area contributed by atoms with E-state index in [1.807, 2.05) is 6.07 Å². The minimum atomic E-state index is 0.577. The molecule has 0 bridgehead atoms. The van der Waals surface area contributed by atoms with E-state index in [-0.39, 0.29) is 0 Å². The molecule has 2 heteroatoms. The average Bonchev–Trinajstić information content (AvgIpc) is 2.80. The van der Waals surface area contributed by atoms with Crippen LogP contribution in [0, 0.1) is 0 Å². The van der Waals surface area contributed by atoms with Gasteiger partial charge in [0.15, 0.2) is 0 Å². The summed E-state index contributed by atoms with van der Waals surface area (Å²) in [6, 6.07) is 19.6. The Morgan fingerprint density at radius 1 is 1.05 bits per heavy atom. The normalized spacial score (nSPS) is 17.2. The summed E-state index contributed by atoms with van der Waals surface area (Å²) in [6.45, 7) is 4.72. The van der Waals surface area contributed by atoms with Crippen LogP contribution in [0.3, 0.4) is 0 Å². The minimum Gasteiger partial charge on any atom is -0.375 e. The zero-order valence-electron chi connectivity index (χ0n) is 12.0. The van der Waals surface area contributed by atoms with Crippen molar-refractivity contribution in [2.24, 2.45) is 0 Å². The minimum absolute atomic E-state index is 0.577. The van der Waals surface area contributed by atoms with Gasteiger partial charge >= 0.3 is 0 Å². The molecule has 20 heavy (non-hydrogen) atoms. The van der Waals surface area contributed by atoms with Gasteiger partial charge < -0.3 is 9.64 Å². The van der Waals surface area contributed by atoms with Gasteiger partial charge in [-0.25, -0.2) is 0 Å². The van der Waals surface area contributed by atoms with E-state index in [1.54, 1.807) is 0 Å². The molecule has 0 fully saturated rings. The van der Waals surface area contributed by atoms with Gasteiger partial charge in [0, 0.05) is 18.3 Å². The molecule has 0 aliphatic carbocycles. The number of rotatable bonds is 5. The number of para-hydroxylation sites is 1. The van der Waals surface area contributed by atoms with Crippen molar-refractivity contribution in [3.05, 3.63) is 65.7 Å². The SMILES string of the molecule is CC1Cc2ccccc2N1CCOCc1ccccc1. The van der Waals surface area contributed by atoms with Gasteiger partial charge in [-0.05, 0) is 30.5 Å². The zero-order valence-corrected chi connectivity index (χ0v) is 12.0. The van der Waals surface area contributed by atoms with Crippen molar-refractivity contribution in [1.29, 1.82) is 0 Å². The first-order chi connectivity index (χ1) is 9.84. The van der Waals surface area contributed by atoms with Crippen LogP contribution in [0.5, 0.6) is 0 Å². The fourth-order valence-electron chi connectivity index (χ4n) is 2.90. The summed E-state index contributed by atoms with van der Waals surface area (Å²) in [7, 11) is 0. The van der Waals surface area contributed by atoms with Crippen molar-refractivity contribution in [1.82, 2.24) is 0 Å². The fourth-order valence-corrected chi connectivity index (χ4v) is 2.90. The fraction of sp³-hybridized carbons (Fsp3) is 0.333. The number of ether oxygens (including phenoxy) is 1. The molecule has 1 aliphatic rings. The van der Waals surface area contributed by atoms with Crippen LogP contribution < -0.4 is 4.90 Å². The smallest absolute Gasteiger partial charge is 0.0717 e. The molecule has 104 valence electrons. The van der Waals surface area contributed by atoms with Crippen molar-refractivity contribution in [3.8, 4) is 0 Å². The van der Waals surface area contributed by atoms with Crippen LogP contribution in [0.1, 0.15) is 18.1 Å². The van der Waals surface area contributed by atoms with Gasteiger partial charge in [-0.1, -0.05) is 48.5 Å². The standard InChI is InChI=1S/C18H21NO/c1-15-13-17-9-5-6-10-18(17)19(15)11-12-20-14-16-7-3-2-4-8-16/h2-10,15H,11-14H2,1H3. The molecule has 0 radical (unpaired) electrons. The second-order valence-corrected chi connectivity index (χ2v) is 5.41. The highest BCUT2D eigenvalue weighted by atomic mass is 16.5. The number of fused-ring (bicyclic) bond motifs is 1. The molecule has 2 aromatic rings. The molecule has 3 rings (SSSR count). The third-order valence-corrected chi connectivity index (χ3v) is 3.94. The zero-order chi connectivity index (χ0) is 13.8.